The van der Waals surface area contributed by atoms with E-state index in [1.54, 1.807) is 0 Å². The maximum atomic E-state index is 6.34. The molecule has 2 aromatic rings. The molecule has 0 saturated heterocycles. The average Bonchev–Trinajstić information content (AvgIpc) is 2.53. The average molecular weight is 307 g/mol. The Labute approximate surface area is 130 Å². The topological polar surface area (TPSA) is 9.23 Å². The highest BCUT2D eigenvalue weighted by Crippen LogP contribution is 2.06. The normalized spacial score (nSPS) is 11.2. The molecule has 0 aromatic heterocycles. The Balaban J connectivity index is 2.13. The predicted octanol–water partition coefficient (Wildman–Crippen LogP) is 1.49. The van der Waals surface area contributed by atoms with E-state index in [0.717, 1.165) is 11.1 Å². The fourth-order valence-corrected chi connectivity index (χ4v) is 6.39. The minimum absolute atomic E-state index is 0.794. The summed E-state index contributed by atoms with van der Waals surface area (Å²) in [6, 6.07) is 16.2. The summed E-state index contributed by atoms with van der Waals surface area (Å²) in [6.45, 7) is 4.42. The molecule has 0 radical (unpaired) electrons. The first-order chi connectivity index (χ1) is 10.0. The Bertz CT molecular complexity index is 720. The molecule has 0 heterocycles. The van der Waals surface area contributed by atoms with Gasteiger partial charge in [0.25, 0.3) is 0 Å². The van der Waals surface area contributed by atoms with Crippen LogP contribution in [-0.4, -0.2) is 18.1 Å². The maximum absolute atomic E-state index is 6.34. The molecule has 0 unspecified atom stereocenters. The van der Waals surface area contributed by atoms with Crippen LogP contribution < -0.4 is 10.4 Å². The molecule has 0 aliphatic carbocycles. The zero-order chi connectivity index (χ0) is 15.3. The third-order valence-corrected chi connectivity index (χ3v) is 9.36. The van der Waals surface area contributed by atoms with Crippen molar-refractivity contribution in [3.63, 3.8) is 0 Å². The zero-order valence-corrected chi connectivity index (χ0v) is 14.8. The van der Waals surface area contributed by atoms with Crippen molar-refractivity contribution in [3.05, 3.63) is 59.7 Å². The smallest absolute Gasteiger partial charge is 0.205 e. The van der Waals surface area contributed by atoms with Crippen LogP contribution >= 0.6 is 0 Å². The van der Waals surface area contributed by atoms with E-state index in [1.165, 1.54) is 10.4 Å². The summed E-state index contributed by atoms with van der Waals surface area (Å²) in [4.78, 5) is 0. The quantitative estimate of drug-likeness (QED) is 0.614. The van der Waals surface area contributed by atoms with Gasteiger partial charge in [0.1, 0.15) is 0 Å². The number of benzene rings is 2. The largest absolute Gasteiger partial charge is 0.453 e. The molecular weight excluding hydrogens is 288 g/mol. The summed E-state index contributed by atoms with van der Waals surface area (Å²) in [5.41, 5.74) is 1.82. The number of terminal acetylenes is 2. The lowest BCUT2D eigenvalue weighted by Gasteiger charge is -2.24. The Morgan fingerprint density at radius 2 is 1.57 bits per heavy atom. The van der Waals surface area contributed by atoms with E-state index in [0.29, 0.717) is 0 Å². The van der Waals surface area contributed by atoms with Crippen LogP contribution in [0.4, 0.5) is 0 Å². The van der Waals surface area contributed by atoms with E-state index in [-0.39, 0.29) is 0 Å². The molecule has 0 fully saturated rings. The summed E-state index contributed by atoms with van der Waals surface area (Å²) in [5.74, 6) is 5.35. The van der Waals surface area contributed by atoms with Crippen LogP contribution in [0.15, 0.2) is 48.5 Å². The van der Waals surface area contributed by atoms with Crippen LogP contribution in [-0.2, 0) is 4.12 Å². The van der Waals surface area contributed by atoms with Gasteiger partial charge in [0.2, 0.25) is 8.32 Å². The molecule has 0 N–H and O–H groups in total. The van der Waals surface area contributed by atoms with Gasteiger partial charge in [-0.3, -0.25) is 0 Å². The monoisotopic (exact) mass is 306 g/mol. The highest BCUT2D eigenvalue weighted by Gasteiger charge is 2.25. The maximum Gasteiger partial charge on any atom is 0.205 e. The van der Waals surface area contributed by atoms with Crippen LogP contribution in [0.25, 0.3) is 0 Å². The number of hydrogen-bond acceptors (Lipinski definition) is 1. The van der Waals surface area contributed by atoms with Gasteiger partial charge >= 0.3 is 0 Å². The summed E-state index contributed by atoms with van der Waals surface area (Å²) in [7, 11) is -2.72. The molecule has 21 heavy (non-hydrogen) atoms. The lowest BCUT2D eigenvalue weighted by molar-refractivity contribution is 0.616. The summed E-state index contributed by atoms with van der Waals surface area (Å²) in [6.07, 6.45) is 10.9. The number of rotatable bonds is 4. The highest BCUT2D eigenvalue weighted by molar-refractivity contribution is 6.88. The number of hydrogen-bond donors (Lipinski definition) is 0. The van der Waals surface area contributed by atoms with Crippen molar-refractivity contribution in [2.45, 2.75) is 13.1 Å². The van der Waals surface area contributed by atoms with Crippen LogP contribution in [0.3, 0.4) is 0 Å². The van der Waals surface area contributed by atoms with E-state index in [4.69, 9.17) is 17.0 Å². The van der Waals surface area contributed by atoms with E-state index < -0.39 is 18.1 Å². The minimum atomic E-state index is -1.92. The van der Waals surface area contributed by atoms with Crippen molar-refractivity contribution < 1.29 is 4.12 Å². The first-order valence-corrected chi connectivity index (χ1v) is 11.0. The van der Waals surface area contributed by atoms with Gasteiger partial charge in [0.15, 0.2) is 9.76 Å². The van der Waals surface area contributed by atoms with Crippen molar-refractivity contribution in [3.8, 4) is 24.7 Å². The summed E-state index contributed by atoms with van der Waals surface area (Å²) in [5, 5.41) is 2.47. The first kappa shape index (κ1) is 15.3. The molecule has 0 aliphatic rings. The van der Waals surface area contributed by atoms with Crippen molar-refractivity contribution in [1.82, 2.24) is 0 Å². The van der Waals surface area contributed by atoms with Crippen molar-refractivity contribution in [2.24, 2.45) is 0 Å². The molecular formula is C18H18OSi2. The van der Waals surface area contributed by atoms with Gasteiger partial charge in [0, 0.05) is 11.1 Å². The molecule has 1 nitrogen and oxygen atoms in total. The van der Waals surface area contributed by atoms with E-state index >= 15 is 0 Å². The summed E-state index contributed by atoms with van der Waals surface area (Å²) >= 11 is 0. The predicted molar refractivity (Wildman–Crippen MR) is 95.1 cm³/mol. The second-order valence-corrected chi connectivity index (χ2v) is 11.2. The van der Waals surface area contributed by atoms with Gasteiger partial charge in [0.05, 0.1) is 0 Å². The standard InChI is InChI=1S/C18H18OSi2/c1-5-15-9-7-11-17(13-15)20-19-21(3,4)18-12-8-10-16(6-2)14-18/h1-2,7-14H,20H2,3-4H3. The van der Waals surface area contributed by atoms with Crippen molar-refractivity contribution >= 4 is 28.5 Å². The van der Waals surface area contributed by atoms with Gasteiger partial charge in [-0.2, -0.15) is 0 Å². The van der Waals surface area contributed by atoms with Gasteiger partial charge in [-0.05, 0) is 47.7 Å². The van der Waals surface area contributed by atoms with Crippen molar-refractivity contribution in [1.29, 1.82) is 0 Å². The molecule has 0 saturated carbocycles. The molecule has 2 rings (SSSR count). The van der Waals surface area contributed by atoms with Crippen LogP contribution in [0.5, 0.6) is 0 Å². The van der Waals surface area contributed by atoms with Gasteiger partial charge in [-0.25, -0.2) is 0 Å². The SMILES string of the molecule is C#Cc1cccc([SiH2]O[Si](C)(C)c2cccc(C#C)c2)c1. The first-order valence-electron chi connectivity index (χ1n) is 6.82. The lowest BCUT2D eigenvalue weighted by atomic mass is 10.2. The fourth-order valence-electron chi connectivity index (χ4n) is 2.08. The third-order valence-electron chi connectivity index (χ3n) is 3.42. The van der Waals surface area contributed by atoms with Gasteiger partial charge in [-0.1, -0.05) is 36.1 Å². The van der Waals surface area contributed by atoms with Crippen LogP contribution in [0.1, 0.15) is 11.1 Å². The second-order valence-electron chi connectivity index (χ2n) is 5.37. The van der Waals surface area contributed by atoms with Crippen LogP contribution in [0, 0.1) is 24.7 Å². The second kappa shape index (κ2) is 6.60. The molecule has 0 aliphatic heterocycles. The highest BCUT2D eigenvalue weighted by atomic mass is 28.4. The Morgan fingerprint density at radius 3 is 2.24 bits per heavy atom. The summed E-state index contributed by atoms with van der Waals surface area (Å²) < 4.78 is 6.34. The van der Waals surface area contributed by atoms with E-state index in [9.17, 15) is 0 Å². The molecule has 104 valence electrons. The molecule has 3 heteroatoms. The Hall–Kier alpha value is -2.05. The van der Waals surface area contributed by atoms with Gasteiger partial charge < -0.3 is 4.12 Å². The molecule has 0 atom stereocenters. The zero-order valence-electron chi connectivity index (χ0n) is 12.4. The molecule has 0 bridgehead atoms. The molecule has 0 spiro atoms. The molecule has 2 aromatic carbocycles. The van der Waals surface area contributed by atoms with E-state index in [1.807, 2.05) is 24.3 Å². The van der Waals surface area contributed by atoms with Crippen LogP contribution in [0.2, 0.25) is 13.1 Å². The van der Waals surface area contributed by atoms with Crippen molar-refractivity contribution in [2.75, 3.05) is 0 Å². The lowest BCUT2D eigenvalue weighted by Crippen LogP contribution is -2.47. The van der Waals surface area contributed by atoms with E-state index in [2.05, 4.69) is 49.2 Å². The third kappa shape index (κ3) is 3.96. The minimum Gasteiger partial charge on any atom is -0.453 e. The fraction of sp³-hybridized carbons (Fsp3) is 0.111. The Kier molecular flexibility index (Phi) is 4.83. The van der Waals surface area contributed by atoms with Gasteiger partial charge in [-0.15, -0.1) is 12.8 Å². The molecule has 0 amide bonds. The Morgan fingerprint density at radius 1 is 0.952 bits per heavy atom.